The third-order valence-corrected chi connectivity index (χ3v) is 4.21. The van der Waals surface area contributed by atoms with Crippen molar-refractivity contribution in [1.82, 2.24) is 9.55 Å². The highest BCUT2D eigenvalue weighted by molar-refractivity contribution is 7.13. The van der Waals surface area contributed by atoms with Gasteiger partial charge in [-0.15, -0.1) is 11.3 Å². The molecule has 2 aromatic heterocycles. The number of carbonyl (C=O) groups is 2. The lowest BCUT2D eigenvalue weighted by molar-refractivity contribution is -0.118. The van der Waals surface area contributed by atoms with Gasteiger partial charge in [-0.05, 0) is 18.2 Å². The minimum Gasteiger partial charge on any atom is -0.483 e. The van der Waals surface area contributed by atoms with Crippen molar-refractivity contribution in [3.8, 4) is 5.75 Å². The van der Waals surface area contributed by atoms with Crippen molar-refractivity contribution >= 4 is 39.2 Å². The quantitative estimate of drug-likeness (QED) is 0.710. The molecule has 124 valence electrons. The average molecular weight is 344 g/mol. The zero-order chi connectivity index (χ0) is 17.1. The lowest BCUT2D eigenvalue weighted by atomic mass is 10.2. The first-order valence-electron chi connectivity index (χ1n) is 7.22. The third-order valence-electron chi connectivity index (χ3n) is 3.40. The second kappa shape index (κ2) is 6.71. The third kappa shape index (κ3) is 3.54. The van der Waals surface area contributed by atoms with Crippen LogP contribution >= 0.6 is 11.3 Å². The Balaban J connectivity index is 1.61. The summed E-state index contributed by atoms with van der Waals surface area (Å²) in [6, 6.07) is 7.63. The van der Waals surface area contributed by atoms with Gasteiger partial charge in [-0.1, -0.05) is 6.07 Å². The molecule has 2 amide bonds. The van der Waals surface area contributed by atoms with E-state index >= 15 is 0 Å². The van der Waals surface area contributed by atoms with Gasteiger partial charge in [0.25, 0.3) is 5.91 Å². The molecule has 7 nitrogen and oxygen atoms in total. The van der Waals surface area contributed by atoms with Gasteiger partial charge in [0.05, 0.1) is 17.6 Å². The van der Waals surface area contributed by atoms with Crippen LogP contribution in [-0.2, 0) is 23.1 Å². The molecule has 0 bridgehead atoms. The second-order valence-corrected chi connectivity index (χ2v) is 6.10. The summed E-state index contributed by atoms with van der Waals surface area (Å²) < 4.78 is 7.60. The van der Waals surface area contributed by atoms with Crippen LogP contribution in [0, 0.1) is 0 Å². The van der Waals surface area contributed by atoms with Crippen LogP contribution in [0.25, 0.3) is 10.9 Å². The zero-order valence-electron chi connectivity index (χ0n) is 13.0. The molecular weight excluding hydrogens is 328 g/mol. The number of benzene rings is 1. The normalized spacial score (nSPS) is 10.7. The number of thiazole rings is 1. The highest BCUT2D eigenvalue weighted by atomic mass is 32.1. The van der Waals surface area contributed by atoms with E-state index in [-0.39, 0.29) is 18.9 Å². The maximum atomic E-state index is 12.0. The molecule has 0 aliphatic heterocycles. The molecule has 2 heterocycles. The molecular formula is C16H16N4O3S. The molecule has 0 aliphatic carbocycles. The molecule has 0 saturated heterocycles. The van der Waals surface area contributed by atoms with Gasteiger partial charge < -0.3 is 15.0 Å². The fraction of sp³-hybridized carbons (Fsp3) is 0.188. The number of anilines is 1. The van der Waals surface area contributed by atoms with Crippen molar-refractivity contribution in [1.29, 1.82) is 0 Å². The number of nitrogens with one attached hydrogen (secondary N) is 1. The number of nitrogens with two attached hydrogens (primary N) is 1. The number of hydrogen-bond donors (Lipinski definition) is 2. The molecule has 1 aromatic carbocycles. The van der Waals surface area contributed by atoms with Crippen molar-refractivity contribution < 1.29 is 14.3 Å². The molecule has 0 atom stereocenters. The van der Waals surface area contributed by atoms with Crippen LogP contribution < -0.4 is 15.8 Å². The van der Waals surface area contributed by atoms with Gasteiger partial charge in [0.1, 0.15) is 5.75 Å². The average Bonchev–Trinajstić information content (AvgIpc) is 3.12. The monoisotopic (exact) mass is 344 g/mol. The number of aromatic nitrogens is 2. The molecule has 24 heavy (non-hydrogen) atoms. The lowest BCUT2D eigenvalue weighted by Crippen LogP contribution is -2.20. The van der Waals surface area contributed by atoms with Gasteiger partial charge in [-0.3, -0.25) is 14.9 Å². The van der Waals surface area contributed by atoms with Crippen LogP contribution in [0.3, 0.4) is 0 Å². The van der Waals surface area contributed by atoms with Gasteiger partial charge >= 0.3 is 0 Å². The van der Waals surface area contributed by atoms with Gasteiger partial charge in [0.2, 0.25) is 5.91 Å². The first-order valence-corrected chi connectivity index (χ1v) is 8.10. The van der Waals surface area contributed by atoms with Crippen molar-refractivity contribution in [3.05, 3.63) is 41.5 Å². The van der Waals surface area contributed by atoms with Crippen LogP contribution in [0.2, 0.25) is 0 Å². The minimum atomic E-state index is -0.461. The van der Waals surface area contributed by atoms with E-state index in [0.29, 0.717) is 16.6 Å². The van der Waals surface area contributed by atoms with E-state index in [1.54, 1.807) is 5.38 Å². The molecule has 0 unspecified atom stereocenters. The molecule has 0 radical (unpaired) electrons. The zero-order valence-corrected chi connectivity index (χ0v) is 13.8. The van der Waals surface area contributed by atoms with Crippen LogP contribution in [0.15, 0.2) is 35.8 Å². The van der Waals surface area contributed by atoms with Gasteiger partial charge in [-0.25, -0.2) is 4.98 Å². The van der Waals surface area contributed by atoms with E-state index in [4.69, 9.17) is 10.5 Å². The molecule has 8 heteroatoms. The van der Waals surface area contributed by atoms with Crippen molar-refractivity contribution in [2.75, 3.05) is 11.9 Å². The summed E-state index contributed by atoms with van der Waals surface area (Å²) in [6.07, 6.45) is 1.99. The maximum Gasteiger partial charge on any atom is 0.264 e. The summed E-state index contributed by atoms with van der Waals surface area (Å²) in [5.74, 6) is -0.128. The summed E-state index contributed by atoms with van der Waals surface area (Å²) >= 11 is 1.24. The molecule has 3 rings (SSSR count). The summed E-state index contributed by atoms with van der Waals surface area (Å²) in [6.45, 7) is -0.126. The van der Waals surface area contributed by atoms with E-state index in [2.05, 4.69) is 10.3 Å². The summed E-state index contributed by atoms with van der Waals surface area (Å²) in [5.41, 5.74) is 6.68. The Kier molecular flexibility index (Phi) is 4.48. The fourth-order valence-electron chi connectivity index (χ4n) is 2.32. The molecule has 0 saturated carbocycles. The number of amides is 2. The lowest BCUT2D eigenvalue weighted by Gasteiger charge is -2.07. The van der Waals surface area contributed by atoms with Crippen LogP contribution in [-0.4, -0.2) is 28.0 Å². The van der Waals surface area contributed by atoms with E-state index < -0.39 is 5.91 Å². The van der Waals surface area contributed by atoms with Gasteiger partial charge in [0, 0.05) is 24.0 Å². The summed E-state index contributed by atoms with van der Waals surface area (Å²) in [7, 11) is 1.95. The Bertz CT molecular complexity index is 900. The highest BCUT2D eigenvalue weighted by Gasteiger charge is 2.10. The van der Waals surface area contributed by atoms with Crippen molar-refractivity contribution in [2.24, 2.45) is 12.8 Å². The number of primary amides is 1. The summed E-state index contributed by atoms with van der Waals surface area (Å²) in [5, 5.41) is 5.70. The fourth-order valence-corrected chi connectivity index (χ4v) is 3.05. The Morgan fingerprint density at radius 2 is 2.21 bits per heavy atom. The Hall–Kier alpha value is -2.87. The second-order valence-electron chi connectivity index (χ2n) is 5.24. The van der Waals surface area contributed by atoms with E-state index in [9.17, 15) is 9.59 Å². The number of rotatable bonds is 6. The topological polar surface area (TPSA) is 99.2 Å². The van der Waals surface area contributed by atoms with E-state index in [1.165, 1.54) is 11.3 Å². The molecule has 3 N–H and O–H groups in total. The van der Waals surface area contributed by atoms with Crippen LogP contribution in [0.1, 0.15) is 5.69 Å². The van der Waals surface area contributed by atoms with Crippen molar-refractivity contribution in [3.63, 3.8) is 0 Å². The number of ether oxygens (including phenoxy) is 1. The van der Waals surface area contributed by atoms with Crippen LogP contribution in [0.4, 0.5) is 5.13 Å². The van der Waals surface area contributed by atoms with E-state index in [0.717, 1.165) is 10.9 Å². The maximum absolute atomic E-state index is 12.0. The SMILES string of the molecule is Cn1ccc2c(OCC(=O)Nc3nc(CC(N)=O)cs3)cccc21. The first kappa shape index (κ1) is 16.0. The Morgan fingerprint density at radius 3 is 3.00 bits per heavy atom. The summed E-state index contributed by atoms with van der Waals surface area (Å²) in [4.78, 5) is 27.0. The molecule has 3 aromatic rings. The highest BCUT2D eigenvalue weighted by Crippen LogP contribution is 2.26. The minimum absolute atomic E-state index is 0.0544. The Morgan fingerprint density at radius 1 is 1.38 bits per heavy atom. The standard InChI is InChI=1S/C16H16N4O3S/c1-20-6-5-11-12(20)3-2-4-13(11)23-8-15(22)19-16-18-10(9-24-16)7-14(17)21/h2-6,9H,7-8H2,1H3,(H2,17,21)(H,18,19,22). The number of nitrogens with zero attached hydrogens (tertiary/aromatic N) is 2. The van der Waals surface area contributed by atoms with Crippen molar-refractivity contribution in [2.45, 2.75) is 6.42 Å². The first-order chi connectivity index (χ1) is 11.5. The van der Waals surface area contributed by atoms with E-state index in [1.807, 2.05) is 42.1 Å². The number of hydrogen-bond acceptors (Lipinski definition) is 5. The molecule has 0 fully saturated rings. The van der Waals surface area contributed by atoms with Gasteiger partial charge in [-0.2, -0.15) is 0 Å². The van der Waals surface area contributed by atoms with Crippen LogP contribution in [0.5, 0.6) is 5.75 Å². The smallest absolute Gasteiger partial charge is 0.264 e. The Labute approximate surface area is 142 Å². The molecule has 0 spiro atoms. The number of aryl methyl sites for hydroxylation is 1. The number of fused-ring (bicyclic) bond motifs is 1. The predicted octanol–water partition coefficient (Wildman–Crippen LogP) is 1.68. The molecule has 0 aliphatic rings. The largest absolute Gasteiger partial charge is 0.483 e. The number of carbonyl (C=O) groups excluding carboxylic acids is 2. The predicted molar refractivity (Wildman–Crippen MR) is 92.1 cm³/mol. The van der Waals surface area contributed by atoms with Gasteiger partial charge in [0.15, 0.2) is 11.7 Å².